The Morgan fingerprint density at radius 1 is 1.28 bits per heavy atom. The van der Waals surface area contributed by atoms with Crippen molar-refractivity contribution in [3.63, 3.8) is 0 Å². The molecule has 96 valence electrons. The highest BCUT2D eigenvalue weighted by atomic mass is 32.2. The Morgan fingerprint density at radius 3 is 2.94 bits per heavy atom. The fourth-order valence-corrected chi connectivity index (χ4v) is 3.34. The Balaban J connectivity index is 1.76. The summed E-state index contributed by atoms with van der Waals surface area (Å²) in [6.07, 6.45) is 1.14. The highest BCUT2D eigenvalue weighted by Gasteiger charge is 2.19. The Morgan fingerprint density at radius 2 is 2.11 bits per heavy atom. The molecule has 0 saturated carbocycles. The van der Waals surface area contributed by atoms with Crippen LogP contribution in [0.25, 0.3) is 0 Å². The van der Waals surface area contributed by atoms with Gasteiger partial charge in [-0.2, -0.15) is 0 Å². The smallest absolute Gasteiger partial charge is 0.231 e. The maximum Gasteiger partial charge on any atom is 0.231 e. The van der Waals surface area contributed by atoms with E-state index >= 15 is 0 Å². The summed E-state index contributed by atoms with van der Waals surface area (Å²) in [6, 6.07) is 6.25. The summed E-state index contributed by atoms with van der Waals surface area (Å²) in [5.74, 6) is 1.60. The van der Waals surface area contributed by atoms with Gasteiger partial charge in [-0.3, -0.25) is 4.99 Å². The van der Waals surface area contributed by atoms with Crippen molar-refractivity contribution >= 4 is 22.6 Å². The number of hydrogen-bond donors (Lipinski definition) is 1. The second kappa shape index (κ2) is 4.72. The highest BCUT2D eigenvalue weighted by Crippen LogP contribution is 2.35. The molecule has 2 aliphatic rings. The number of anilines is 1. The summed E-state index contributed by atoms with van der Waals surface area (Å²) in [5.41, 5.74) is 0.992. The first-order valence-electron chi connectivity index (χ1n) is 6.12. The SMILES string of the molecule is CC1CC(C)SC(Nc2ccc3c(c2)OCO3)=N1. The van der Waals surface area contributed by atoms with Gasteiger partial charge in [0.05, 0.1) is 6.04 Å². The van der Waals surface area contributed by atoms with Crippen LogP contribution in [0.2, 0.25) is 0 Å². The molecule has 0 spiro atoms. The number of ether oxygens (including phenoxy) is 2. The molecule has 5 heteroatoms. The van der Waals surface area contributed by atoms with Gasteiger partial charge in [-0.15, -0.1) is 0 Å². The predicted molar refractivity (Wildman–Crippen MR) is 74.8 cm³/mol. The Kier molecular flexibility index (Phi) is 3.07. The van der Waals surface area contributed by atoms with Gasteiger partial charge in [0.2, 0.25) is 6.79 Å². The summed E-state index contributed by atoms with van der Waals surface area (Å²) in [6.45, 7) is 4.69. The van der Waals surface area contributed by atoms with Gasteiger partial charge in [0, 0.05) is 17.0 Å². The molecule has 2 unspecified atom stereocenters. The molecule has 3 rings (SSSR count). The molecular formula is C13H16N2O2S. The standard InChI is InChI=1S/C13H16N2O2S/c1-8-5-9(2)18-13(14-8)15-10-3-4-11-12(6-10)17-7-16-11/h3-4,6,8-9H,5,7H2,1-2H3,(H,14,15). The lowest BCUT2D eigenvalue weighted by Gasteiger charge is -2.23. The molecule has 18 heavy (non-hydrogen) atoms. The first kappa shape index (κ1) is 11.7. The van der Waals surface area contributed by atoms with E-state index in [0.717, 1.165) is 28.8 Å². The number of thioether (sulfide) groups is 1. The van der Waals surface area contributed by atoms with Crippen molar-refractivity contribution in [2.75, 3.05) is 12.1 Å². The van der Waals surface area contributed by atoms with E-state index < -0.39 is 0 Å². The fourth-order valence-electron chi connectivity index (χ4n) is 2.16. The number of benzene rings is 1. The molecule has 1 N–H and O–H groups in total. The number of hydrogen-bond acceptors (Lipinski definition) is 5. The third kappa shape index (κ3) is 2.41. The van der Waals surface area contributed by atoms with Crippen LogP contribution in [0.15, 0.2) is 23.2 Å². The third-order valence-corrected chi connectivity index (χ3v) is 3.97. The molecule has 2 atom stereocenters. The molecule has 0 fully saturated rings. The maximum absolute atomic E-state index is 5.36. The zero-order valence-corrected chi connectivity index (χ0v) is 11.3. The Labute approximate surface area is 111 Å². The second-order valence-corrected chi connectivity index (χ2v) is 6.07. The zero-order valence-electron chi connectivity index (χ0n) is 10.5. The van der Waals surface area contributed by atoms with Crippen molar-refractivity contribution in [1.82, 2.24) is 0 Å². The summed E-state index contributed by atoms with van der Waals surface area (Å²) in [4.78, 5) is 4.62. The molecular weight excluding hydrogens is 248 g/mol. The molecule has 0 amide bonds. The van der Waals surface area contributed by atoms with Crippen LogP contribution < -0.4 is 14.8 Å². The van der Waals surface area contributed by atoms with Crippen molar-refractivity contribution in [3.05, 3.63) is 18.2 Å². The summed E-state index contributed by atoms with van der Waals surface area (Å²) >= 11 is 1.79. The zero-order chi connectivity index (χ0) is 12.5. The lowest BCUT2D eigenvalue weighted by Crippen LogP contribution is -2.22. The highest BCUT2D eigenvalue weighted by molar-refractivity contribution is 8.14. The van der Waals surface area contributed by atoms with Gasteiger partial charge < -0.3 is 14.8 Å². The van der Waals surface area contributed by atoms with Gasteiger partial charge in [-0.1, -0.05) is 18.7 Å². The largest absolute Gasteiger partial charge is 0.454 e. The van der Waals surface area contributed by atoms with Crippen molar-refractivity contribution in [3.8, 4) is 11.5 Å². The van der Waals surface area contributed by atoms with Crippen LogP contribution >= 0.6 is 11.8 Å². The van der Waals surface area contributed by atoms with Gasteiger partial charge in [-0.05, 0) is 25.5 Å². The van der Waals surface area contributed by atoms with Crippen molar-refractivity contribution in [2.24, 2.45) is 4.99 Å². The van der Waals surface area contributed by atoms with Crippen LogP contribution in [0.4, 0.5) is 5.69 Å². The summed E-state index contributed by atoms with van der Waals surface area (Å²) in [7, 11) is 0. The summed E-state index contributed by atoms with van der Waals surface area (Å²) in [5, 5.41) is 4.94. The average molecular weight is 264 g/mol. The van der Waals surface area contributed by atoms with E-state index in [-0.39, 0.29) is 0 Å². The number of nitrogens with one attached hydrogen (secondary N) is 1. The molecule has 1 aromatic carbocycles. The average Bonchev–Trinajstić information content (AvgIpc) is 2.74. The lowest BCUT2D eigenvalue weighted by molar-refractivity contribution is 0.174. The van der Waals surface area contributed by atoms with E-state index in [1.807, 2.05) is 18.2 Å². The number of amidine groups is 1. The minimum absolute atomic E-state index is 0.308. The molecule has 2 heterocycles. The first-order valence-corrected chi connectivity index (χ1v) is 7.00. The molecule has 0 aliphatic carbocycles. The van der Waals surface area contributed by atoms with Gasteiger partial charge >= 0.3 is 0 Å². The quantitative estimate of drug-likeness (QED) is 0.846. The van der Waals surface area contributed by atoms with E-state index in [1.54, 1.807) is 11.8 Å². The van der Waals surface area contributed by atoms with E-state index in [2.05, 4.69) is 24.2 Å². The topological polar surface area (TPSA) is 42.8 Å². The van der Waals surface area contributed by atoms with E-state index in [1.165, 1.54) is 0 Å². The monoisotopic (exact) mass is 264 g/mol. The van der Waals surface area contributed by atoms with Crippen LogP contribution in [-0.2, 0) is 0 Å². The van der Waals surface area contributed by atoms with Crippen molar-refractivity contribution < 1.29 is 9.47 Å². The maximum atomic E-state index is 5.36. The van der Waals surface area contributed by atoms with E-state index in [0.29, 0.717) is 18.1 Å². The minimum Gasteiger partial charge on any atom is -0.454 e. The second-order valence-electron chi connectivity index (χ2n) is 4.64. The van der Waals surface area contributed by atoms with Crippen LogP contribution in [0, 0.1) is 0 Å². The minimum atomic E-state index is 0.308. The van der Waals surface area contributed by atoms with Crippen molar-refractivity contribution in [1.29, 1.82) is 0 Å². The first-order chi connectivity index (χ1) is 8.70. The molecule has 1 aromatic rings. The number of nitrogens with zero attached hydrogens (tertiary/aromatic N) is 1. The van der Waals surface area contributed by atoms with Gasteiger partial charge in [0.1, 0.15) is 0 Å². The van der Waals surface area contributed by atoms with Gasteiger partial charge in [0.25, 0.3) is 0 Å². The van der Waals surface area contributed by atoms with E-state index in [4.69, 9.17) is 9.47 Å². The van der Waals surface area contributed by atoms with Crippen LogP contribution in [0.3, 0.4) is 0 Å². The molecule has 2 aliphatic heterocycles. The Hall–Kier alpha value is -1.36. The Bertz CT molecular complexity index is 490. The molecule has 0 saturated heterocycles. The van der Waals surface area contributed by atoms with Gasteiger partial charge in [0.15, 0.2) is 16.7 Å². The molecule has 0 aromatic heterocycles. The number of aliphatic imine (C=N–C) groups is 1. The number of rotatable bonds is 1. The van der Waals surface area contributed by atoms with Crippen molar-refractivity contribution in [2.45, 2.75) is 31.6 Å². The number of fused-ring (bicyclic) bond motifs is 1. The van der Waals surface area contributed by atoms with Crippen LogP contribution in [0.5, 0.6) is 11.5 Å². The van der Waals surface area contributed by atoms with Crippen LogP contribution in [-0.4, -0.2) is 23.3 Å². The fraction of sp³-hybridized carbons (Fsp3) is 0.462. The normalized spacial score (nSPS) is 25.8. The predicted octanol–water partition coefficient (Wildman–Crippen LogP) is 3.10. The van der Waals surface area contributed by atoms with Gasteiger partial charge in [-0.25, -0.2) is 0 Å². The molecule has 4 nitrogen and oxygen atoms in total. The summed E-state index contributed by atoms with van der Waals surface area (Å²) < 4.78 is 10.7. The third-order valence-electron chi connectivity index (χ3n) is 2.95. The van der Waals surface area contributed by atoms with Crippen LogP contribution in [0.1, 0.15) is 20.3 Å². The van der Waals surface area contributed by atoms with E-state index in [9.17, 15) is 0 Å². The molecule has 0 bridgehead atoms. The molecule has 0 radical (unpaired) electrons. The lowest BCUT2D eigenvalue weighted by atomic mass is 10.2.